The van der Waals surface area contributed by atoms with Crippen molar-refractivity contribution in [1.82, 2.24) is 5.32 Å². The third-order valence-corrected chi connectivity index (χ3v) is 3.43. The molecule has 2 nitrogen and oxygen atoms in total. The largest absolute Gasteiger partial charge is 0.492 e. The van der Waals surface area contributed by atoms with Gasteiger partial charge in [-0.25, -0.2) is 0 Å². The average Bonchev–Trinajstić information content (AvgIpc) is 2.39. The average molecular weight is 249 g/mol. The highest BCUT2D eigenvalue weighted by Gasteiger charge is 2.07. The van der Waals surface area contributed by atoms with Crippen LogP contribution < -0.4 is 10.1 Å². The van der Waals surface area contributed by atoms with E-state index in [4.69, 9.17) is 4.74 Å². The van der Waals surface area contributed by atoms with Crippen molar-refractivity contribution in [3.8, 4) is 5.75 Å². The van der Waals surface area contributed by atoms with Crippen LogP contribution in [-0.2, 0) is 0 Å². The minimum absolute atomic E-state index is 0.395. The number of aryl methyl sites for hydroxylation is 1. The third-order valence-electron chi connectivity index (χ3n) is 3.43. The van der Waals surface area contributed by atoms with Crippen LogP contribution >= 0.6 is 0 Å². The number of nitrogens with one attached hydrogen (secondary N) is 1. The Hall–Kier alpha value is -1.02. The van der Waals surface area contributed by atoms with Gasteiger partial charge in [0.25, 0.3) is 0 Å². The summed E-state index contributed by atoms with van der Waals surface area (Å²) in [5.41, 5.74) is 1.27. The first kappa shape index (κ1) is 15.0. The molecule has 1 aromatic carbocycles. The molecule has 0 aliphatic carbocycles. The summed E-state index contributed by atoms with van der Waals surface area (Å²) in [6, 6.07) is 8.62. The summed E-state index contributed by atoms with van der Waals surface area (Å²) in [5.74, 6) is 1.74. The standard InChI is InChI=1S/C16H27NO/c1-5-15(6-2)11-17-14(4)12-18-16-9-7-13(3)8-10-16/h7-10,14-15,17H,5-6,11-12H2,1-4H3. The van der Waals surface area contributed by atoms with Crippen LogP contribution in [0.25, 0.3) is 0 Å². The van der Waals surface area contributed by atoms with Crippen LogP contribution in [0.4, 0.5) is 0 Å². The summed E-state index contributed by atoms with van der Waals surface area (Å²) in [6.45, 7) is 10.6. The molecule has 1 rings (SSSR count). The summed E-state index contributed by atoms with van der Waals surface area (Å²) in [5, 5.41) is 3.54. The second kappa shape index (κ2) is 8.15. The zero-order chi connectivity index (χ0) is 13.4. The minimum Gasteiger partial charge on any atom is -0.492 e. The van der Waals surface area contributed by atoms with E-state index in [-0.39, 0.29) is 0 Å². The van der Waals surface area contributed by atoms with Gasteiger partial charge in [0.2, 0.25) is 0 Å². The topological polar surface area (TPSA) is 21.3 Å². The van der Waals surface area contributed by atoms with Crippen LogP contribution in [0.3, 0.4) is 0 Å². The monoisotopic (exact) mass is 249 g/mol. The molecule has 1 N–H and O–H groups in total. The normalized spacial score (nSPS) is 12.7. The van der Waals surface area contributed by atoms with Gasteiger partial charge in [0.05, 0.1) is 0 Å². The number of hydrogen-bond acceptors (Lipinski definition) is 2. The van der Waals surface area contributed by atoms with Gasteiger partial charge in [0.15, 0.2) is 0 Å². The maximum absolute atomic E-state index is 5.76. The van der Waals surface area contributed by atoms with Gasteiger partial charge in [-0.1, -0.05) is 44.4 Å². The Morgan fingerprint density at radius 2 is 1.72 bits per heavy atom. The molecular formula is C16H27NO. The van der Waals surface area contributed by atoms with E-state index in [1.54, 1.807) is 0 Å². The highest BCUT2D eigenvalue weighted by Crippen LogP contribution is 2.11. The molecule has 1 aromatic rings. The molecule has 0 radical (unpaired) electrons. The van der Waals surface area contributed by atoms with Crippen molar-refractivity contribution in [3.63, 3.8) is 0 Å². The van der Waals surface area contributed by atoms with Gasteiger partial charge in [-0.2, -0.15) is 0 Å². The molecule has 0 aromatic heterocycles. The molecule has 0 aliphatic heterocycles. The SMILES string of the molecule is CCC(CC)CNC(C)COc1ccc(C)cc1. The van der Waals surface area contributed by atoms with Gasteiger partial charge in [-0.3, -0.25) is 0 Å². The first-order chi connectivity index (χ1) is 8.65. The molecule has 0 heterocycles. The van der Waals surface area contributed by atoms with Gasteiger partial charge in [-0.05, 0) is 38.4 Å². The van der Waals surface area contributed by atoms with Gasteiger partial charge in [0.1, 0.15) is 12.4 Å². The molecule has 2 heteroatoms. The zero-order valence-electron chi connectivity index (χ0n) is 12.2. The van der Waals surface area contributed by atoms with Crippen molar-refractivity contribution in [2.24, 2.45) is 5.92 Å². The summed E-state index contributed by atoms with van der Waals surface area (Å²) in [4.78, 5) is 0. The Morgan fingerprint density at radius 1 is 1.11 bits per heavy atom. The smallest absolute Gasteiger partial charge is 0.119 e. The predicted molar refractivity (Wildman–Crippen MR) is 78.2 cm³/mol. The second-order valence-corrected chi connectivity index (χ2v) is 5.12. The summed E-state index contributed by atoms with van der Waals surface area (Å²) >= 11 is 0. The minimum atomic E-state index is 0.395. The van der Waals surface area contributed by atoms with Crippen LogP contribution in [0.2, 0.25) is 0 Å². The quantitative estimate of drug-likeness (QED) is 0.757. The Kier molecular flexibility index (Phi) is 6.81. The molecule has 0 saturated heterocycles. The first-order valence-corrected chi connectivity index (χ1v) is 7.08. The van der Waals surface area contributed by atoms with E-state index in [0.29, 0.717) is 6.04 Å². The summed E-state index contributed by atoms with van der Waals surface area (Å²) in [6.07, 6.45) is 2.49. The van der Waals surface area contributed by atoms with Crippen molar-refractivity contribution >= 4 is 0 Å². The van der Waals surface area contributed by atoms with E-state index in [1.165, 1.54) is 18.4 Å². The number of ether oxygens (including phenoxy) is 1. The van der Waals surface area contributed by atoms with Crippen LogP contribution in [0.1, 0.15) is 39.2 Å². The van der Waals surface area contributed by atoms with E-state index in [9.17, 15) is 0 Å². The lowest BCUT2D eigenvalue weighted by Crippen LogP contribution is -2.35. The van der Waals surface area contributed by atoms with Gasteiger partial charge < -0.3 is 10.1 Å². The van der Waals surface area contributed by atoms with E-state index in [2.05, 4.69) is 45.1 Å². The maximum Gasteiger partial charge on any atom is 0.119 e. The van der Waals surface area contributed by atoms with Crippen LogP contribution in [0.5, 0.6) is 5.75 Å². The molecule has 0 saturated carbocycles. The second-order valence-electron chi connectivity index (χ2n) is 5.12. The van der Waals surface area contributed by atoms with Crippen molar-refractivity contribution < 1.29 is 4.74 Å². The van der Waals surface area contributed by atoms with E-state index < -0.39 is 0 Å². The van der Waals surface area contributed by atoms with Crippen molar-refractivity contribution in [1.29, 1.82) is 0 Å². The number of benzene rings is 1. The fraction of sp³-hybridized carbons (Fsp3) is 0.625. The molecule has 18 heavy (non-hydrogen) atoms. The van der Waals surface area contributed by atoms with Gasteiger partial charge >= 0.3 is 0 Å². The van der Waals surface area contributed by atoms with Crippen molar-refractivity contribution in [2.75, 3.05) is 13.2 Å². The Bertz CT molecular complexity index is 316. The van der Waals surface area contributed by atoms with Crippen molar-refractivity contribution in [3.05, 3.63) is 29.8 Å². The lowest BCUT2D eigenvalue weighted by atomic mass is 10.0. The third kappa shape index (κ3) is 5.54. The zero-order valence-corrected chi connectivity index (χ0v) is 12.2. The molecule has 0 amide bonds. The van der Waals surface area contributed by atoms with Gasteiger partial charge in [0, 0.05) is 6.04 Å². The van der Waals surface area contributed by atoms with E-state index in [0.717, 1.165) is 24.8 Å². The predicted octanol–water partition coefficient (Wildman–Crippen LogP) is 3.79. The van der Waals surface area contributed by atoms with Crippen molar-refractivity contribution in [2.45, 2.75) is 46.6 Å². The Morgan fingerprint density at radius 3 is 2.28 bits per heavy atom. The maximum atomic E-state index is 5.76. The van der Waals surface area contributed by atoms with E-state index in [1.807, 2.05) is 12.1 Å². The Balaban J connectivity index is 2.24. The summed E-state index contributed by atoms with van der Waals surface area (Å²) < 4.78 is 5.76. The first-order valence-electron chi connectivity index (χ1n) is 7.08. The molecule has 0 bridgehead atoms. The molecule has 0 fully saturated rings. The van der Waals surface area contributed by atoms with Crippen LogP contribution in [0.15, 0.2) is 24.3 Å². The molecular weight excluding hydrogens is 222 g/mol. The van der Waals surface area contributed by atoms with Crippen LogP contribution in [0, 0.1) is 12.8 Å². The Labute approximate surface area is 112 Å². The fourth-order valence-corrected chi connectivity index (χ4v) is 1.86. The molecule has 102 valence electrons. The van der Waals surface area contributed by atoms with E-state index >= 15 is 0 Å². The van der Waals surface area contributed by atoms with Crippen LogP contribution in [-0.4, -0.2) is 19.2 Å². The highest BCUT2D eigenvalue weighted by atomic mass is 16.5. The summed E-state index contributed by atoms with van der Waals surface area (Å²) in [7, 11) is 0. The molecule has 1 unspecified atom stereocenters. The number of rotatable bonds is 8. The molecule has 0 spiro atoms. The van der Waals surface area contributed by atoms with Gasteiger partial charge in [-0.15, -0.1) is 0 Å². The molecule has 0 aliphatic rings. The lowest BCUT2D eigenvalue weighted by Gasteiger charge is -2.19. The lowest BCUT2D eigenvalue weighted by molar-refractivity contribution is 0.265. The highest BCUT2D eigenvalue weighted by molar-refractivity contribution is 5.26. The molecule has 1 atom stereocenters. The fourth-order valence-electron chi connectivity index (χ4n) is 1.86. The number of hydrogen-bond donors (Lipinski definition) is 1.